The summed E-state index contributed by atoms with van der Waals surface area (Å²) < 4.78 is 24.0. The number of carboxylic acid groups (broad SMARTS) is 1. The highest BCUT2D eigenvalue weighted by molar-refractivity contribution is 5.88. The molecule has 0 bridgehead atoms. The van der Waals surface area contributed by atoms with Gasteiger partial charge in [0, 0.05) is 31.7 Å². The first-order valence-electron chi connectivity index (χ1n) is 10.1. The molecule has 1 amide bonds. The molecule has 2 aromatic rings. The fourth-order valence-corrected chi connectivity index (χ4v) is 3.74. The summed E-state index contributed by atoms with van der Waals surface area (Å²) in [6.45, 7) is 5.72. The molecule has 1 aliphatic heterocycles. The Kier molecular flexibility index (Phi) is 7.12. The van der Waals surface area contributed by atoms with E-state index >= 15 is 0 Å². The van der Waals surface area contributed by atoms with E-state index in [9.17, 15) is 14.0 Å². The quantitative estimate of drug-likeness (QED) is 0.728. The minimum absolute atomic E-state index is 0.0278. The summed E-state index contributed by atoms with van der Waals surface area (Å²) in [5, 5.41) is 9.17. The third kappa shape index (κ3) is 5.52. The highest BCUT2D eigenvalue weighted by Gasteiger charge is 2.32. The molecule has 0 radical (unpaired) electrons. The van der Waals surface area contributed by atoms with Gasteiger partial charge < -0.3 is 19.5 Å². The van der Waals surface area contributed by atoms with E-state index in [0.717, 1.165) is 5.56 Å². The largest absolute Gasteiger partial charge is 0.493 e. The van der Waals surface area contributed by atoms with Gasteiger partial charge in [-0.2, -0.15) is 0 Å². The van der Waals surface area contributed by atoms with Gasteiger partial charge in [0.1, 0.15) is 5.82 Å². The summed E-state index contributed by atoms with van der Waals surface area (Å²) in [4.78, 5) is 28.1. The molecule has 1 aliphatic rings. The van der Waals surface area contributed by atoms with Crippen LogP contribution in [0, 0.1) is 5.82 Å². The first kappa shape index (κ1) is 22.6. The minimum atomic E-state index is -1.08. The monoisotopic (exact) mass is 430 g/mol. The molecule has 1 saturated heterocycles. The van der Waals surface area contributed by atoms with E-state index in [1.807, 2.05) is 6.92 Å². The maximum atomic E-state index is 13.1. The van der Waals surface area contributed by atoms with Gasteiger partial charge in [0.15, 0.2) is 18.1 Å². The molecule has 1 heterocycles. The van der Waals surface area contributed by atoms with Crippen molar-refractivity contribution in [3.05, 3.63) is 59.4 Å². The number of aromatic carboxylic acids is 1. The van der Waals surface area contributed by atoms with Crippen molar-refractivity contribution in [1.82, 2.24) is 9.80 Å². The van der Waals surface area contributed by atoms with Crippen molar-refractivity contribution >= 4 is 11.9 Å². The summed E-state index contributed by atoms with van der Waals surface area (Å²) in [5.74, 6) is -0.942. The number of piperazine rings is 1. The van der Waals surface area contributed by atoms with Crippen LogP contribution < -0.4 is 9.47 Å². The van der Waals surface area contributed by atoms with Crippen LogP contribution in [0.4, 0.5) is 4.39 Å². The van der Waals surface area contributed by atoms with E-state index in [-0.39, 0.29) is 41.7 Å². The van der Waals surface area contributed by atoms with Crippen molar-refractivity contribution in [2.45, 2.75) is 32.5 Å². The molecule has 2 aromatic carbocycles. The first-order chi connectivity index (χ1) is 14.8. The average Bonchev–Trinajstić information content (AvgIpc) is 2.75. The Morgan fingerprint density at radius 1 is 1.06 bits per heavy atom. The number of methoxy groups -OCH3 is 1. The van der Waals surface area contributed by atoms with Crippen molar-refractivity contribution in [3.63, 3.8) is 0 Å². The summed E-state index contributed by atoms with van der Waals surface area (Å²) in [7, 11) is 1.45. The topological polar surface area (TPSA) is 79.3 Å². The third-order valence-electron chi connectivity index (χ3n) is 5.50. The van der Waals surface area contributed by atoms with E-state index in [2.05, 4.69) is 11.8 Å². The molecule has 1 N–H and O–H groups in total. The molecule has 166 valence electrons. The highest BCUT2D eigenvalue weighted by atomic mass is 19.1. The van der Waals surface area contributed by atoms with Crippen LogP contribution in [0.3, 0.4) is 0 Å². The van der Waals surface area contributed by atoms with Crippen molar-refractivity contribution in [1.29, 1.82) is 0 Å². The summed E-state index contributed by atoms with van der Waals surface area (Å²) in [5.41, 5.74) is 1.08. The molecule has 7 nitrogen and oxygen atoms in total. The summed E-state index contributed by atoms with van der Waals surface area (Å²) in [6.07, 6.45) is 0. The molecule has 8 heteroatoms. The van der Waals surface area contributed by atoms with Gasteiger partial charge in [-0.1, -0.05) is 12.1 Å². The Bertz CT molecular complexity index is 934. The van der Waals surface area contributed by atoms with Crippen LogP contribution in [0.2, 0.25) is 0 Å². The molecular formula is C23H27FN2O5. The molecule has 0 aromatic heterocycles. The lowest BCUT2D eigenvalue weighted by molar-refractivity contribution is -0.139. The van der Waals surface area contributed by atoms with Crippen molar-refractivity contribution in [2.75, 3.05) is 26.8 Å². The van der Waals surface area contributed by atoms with E-state index in [1.165, 1.54) is 37.4 Å². The van der Waals surface area contributed by atoms with Crippen molar-refractivity contribution in [3.8, 4) is 11.5 Å². The van der Waals surface area contributed by atoms with Gasteiger partial charge in [0.25, 0.3) is 5.91 Å². The molecular weight excluding hydrogens is 403 g/mol. The van der Waals surface area contributed by atoms with Crippen LogP contribution in [0.15, 0.2) is 42.5 Å². The van der Waals surface area contributed by atoms with Crippen LogP contribution in [0.1, 0.15) is 29.8 Å². The van der Waals surface area contributed by atoms with Crippen LogP contribution in [-0.4, -0.2) is 65.7 Å². The molecule has 31 heavy (non-hydrogen) atoms. The van der Waals surface area contributed by atoms with Gasteiger partial charge in [-0.05, 0) is 49.7 Å². The summed E-state index contributed by atoms with van der Waals surface area (Å²) >= 11 is 0. The zero-order valence-electron chi connectivity index (χ0n) is 17.9. The number of carbonyl (C=O) groups is 2. The lowest BCUT2D eigenvalue weighted by atomic mass is 10.1. The molecule has 1 fully saturated rings. The van der Waals surface area contributed by atoms with Gasteiger partial charge in [-0.25, -0.2) is 9.18 Å². The molecule has 0 unspecified atom stereocenters. The number of ether oxygens (including phenoxy) is 2. The number of carboxylic acids is 1. The second-order valence-corrected chi connectivity index (χ2v) is 7.76. The number of halogens is 1. The number of benzene rings is 2. The lowest BCUT2D eigenvalue weighted by Crippen LogP contribution is -2.58. The van der Waals surface area contributed by atoms with Crippen LogP contribution in [0.25, 0.3) is 0 Å². The second kappa shape index (κ2) is 9.78. The van der Waals surface area contributed by atoms with Gasteiger partial charge >= 0.3 is 5.97 Å². The number of hydrogen-bond acceptors (Lipinski definition) is 5. The number of amides is 1. The van der Waals surface area contributed by atoms with Gasteiger partial charge in [0.2, 0.25) is 0 Å². The fraction of sp³-hybridized carbons (Fsp3) is 0.391. The first-order valence-corrected chi connectivity index (χ1v) is 10.1. The van der Waals surface area contributed by atoms with Gasteiger partial charge in [0.05, 0.1) is 12.7 Å². The predicted molar refractivity (Wildman–Crippen MR) is 113 cm³/mol. The molecule has 0 aliphatic carbocycles. The van der Waals surface area contributed by atoms with Gasteiger partial charge in [-0.15, -0.1) is 0 Å². The normalized spacial score (nSPS) is 19.2. The van der Waals surface area contributed by atoms with Crippen molar-refractivity contribution < 1.29 is 28.6 Å². The van der Waals surface area contributed by atoms with Crippen LogP contribution in [0.5, 0.6) is 11.5 Å². The number of nitrogens with zero attached hydrogens (tertiary/aromatic N) is 2. The van der Waals surface area contributed by atoms with E-state index < -0.39 is 5.97 Å². The second-order valence-electron chi connectivity index (χ2n) is 7.76. The molecule has 2 atom stereocenters. The Labute approximate surface area is 181 Å². The summed E-state index contributed by atoms with van der Waals surface area (Å²) in [6, 6.07) is 10.8. The van der Waals surface area contributed by atoms with Crippen LogP contribution in [-0.2, 0) is 11.3 Å². The fourth-order valence-electron chi connectivity index (χ4n) is 3.74. The maximum absolute atomic E-state index is 13.1. The minimum Gasteiger partial charge on any atom is -0.493 e. The number of carbonyl (C=O) groups excluding carboxylic acids is 1. The van der Waals surface area contributed by atoms with E-state index in [0.29, 0.717) is 25.4 Å². The van der Waals surface area contributed by atoms with Crippen molar-refractivity contribution in [2.24, 2.45) is 0 Å². The zero-order chi connectivity index (χ0) is 22.5. The maximum Gasteiger partial charge on any atom is 0.335 e. The van der Waals surface area contributed by atoms with Crippen LogP contribution >= 0.6 is 0 Å². The highest BCUT2D eigenvalue weighted by Crippen LogP contribution is 2.28. The Balaban J connectivity index is 1.61. The average molecular weight is 430 g/mol. The zero-order valence-corrected chi connectivity index (χ0v) is 17.9. The van der Waals surface area contributed by atoms with E-state index in [4.69, 9.17) is 14.6 Å². The van der Waals surface area contributed by atoms with Gasteiger partial charge in [-0.3, -0.25) is 9.69 Å². The molecule has 0 spiro atoms. The Hall–Kier alpha value is -3.13. The SMILES string of the molecule is COc1ccc(C(=O)O)cc1OCC(=O)N1C[C@H](C)N(Cc2ccc(F)cc2)C[C@H]1C. The number of hydrogen-bond donors (Lipinski definition) is 1. The smallest absolute Gasteiger partial charge is 0.335 e. The number of rotatable bonds is 7. The Morgan fingerprint density at radius 2 is 1.77 bits per heavy atom. The lowest BCUT2D eigenvalue weighted by Gasteiger charge is -2.44. The molecule has 0 saturated carbocycles. The molecule has 3 rings (SSSR count). The Morgan fingerprint density at radius 3 is 2.42 bits per heavy atom. The predicted octanol–water partition coefficient (Wildman–Crippen LogP) is 3.03. The third-order valence-corrected chi connectivity index (χ3v) is 5.50. The van der Waals surface area contributed by atoms with E-state index in [1.54, 1.807) is 17.0 Å². The standard InChI is InChI=1S/C23H27FN2O5/c1-15-12-26(16(2)11-25(15)13-17-4-7-19(24)8-5-17)22(27)14-31-21-10-18(23(28)29)6-9-20(21)30-3/h4-10,15-16H,11-14H2,1-3H3,(H,28,29)/t15-,16+/m0/s1.